The molecule has 1 aliphatic heterocycles. The van der Waals surface area contributed by atoms with E-state index in [4.69, 9.17) is 0 Å². The molecule has 6 heteroatoms. The van der Waals surface area contributed by atoms with Gasteiger partial charge in [0, 0.05) is 19.1 Å². The maximum Gasteiger partial charge on any atom is 0.416 e. The number of amides is 1. The summed E-state index contributed by atoms with van der Waals surface area (Å²) in [4.78, 5) is 16.1. The van der Waals surface area contributed by atoms with Gasteiger partial charge in [-0.3, -0.25) is 4.79 Å². The van der Waals surface area contributed by atoms with Crippen molar-refractivity contribution in [2.24, 2.45) is 0 Å². The molecular weight excluding hydrogens is 293 g/mol. The second-order valence-electron chi connectivity index (χ2n) is 5.93. The largest absolute Gasteiger partial charge is 0.416 e. The van der Waals surface area contributed by atoms with E-state index in [0.29, 0.717) is 13.1 Å². The minimum absolute atomic E-state index is 0.0481. The Labute approximate surface area is 128 Å². The molecule has 22 heavy (non-hydrogen) atoms. The molecule has 0 radical (unpaired) electrons. The number of piperidine rings is 1. The predicted octanol–water partition coefficient (Wildman–Crippen LogP) is 2.80. The van der Waals surface area contributed by atoms with Crippen molar-refractivity contribution in [3.63, 3.8) is 0 Å². The molecule has 1 aliphatic rings. The van der Waals surface area contributed by atoms with Crippen LogP contribution in [0.1, 0.15) is 24.0 Å². The molecule has 0 aromatic heterocycles. The van der Waals surface area contributed by atoms with Crippen LogP contribution in [0.25, 0.3) is 0 Å². The van der Waals surface area contributed by atoms with Crippen molar-refractivity contribution in [1.29, 1.82) is 0 Å². The van der Waals surface area contributed by atoms with E-state index >= 15 is 0 Å². The Morgan fingerprint density at radius 1 is 1.32 bits per heavy atom. The molecule has 1 saturated heterocycles. The van der Waals surface area contributed by atoms with Crippen LogP contribution in [0.3, 0.4) is 0 Å². The second-order valence-corrected chi connectivity index (χ2v) is 5.93. The Kier molecular flexibility index (Phi) is 5.11. The molecule has 0 N–H and O–H groups in total. The van der Waals surface area contributed by atoms with E-state index in [-0.39, 0.29) is 23.9 Å². The molecule has 3 nitrogen and oxygen atoms in total. The molecule has 2 rings (SSSR count). The molecule has 0 saturated carbocycles. The van der Waals surface area contributed by atoms with Gasteiger partial charge in [-0.2, -0.15) is 13.2 Å². The monoisotopic (exact) mass is 314 g/mol. The fourth-order valence-corrected chi connectivity index (χ4v) is 2.83. The normalized spacial score (nSPS) is 19.5. The number of likely N-dealkylation sites (tertiary alicyclic amines) is 1. The molecule has 1 aromatic rings. The van der Waals surface area contributed by atoms with Crippen LogP contribution in [0.2, 0.25) is 0 Å². The predicted molar refractivity (Wildman–Crippen MR) is 78.4 cm³/mol. The number of likely N-dealkylation sites (N-methyl/N-ethyl adjacent to an activating group) is 1. The molecule has 1 heterocycles. The first-order valence-electron chi connectivity index (χ1n) is 7.38. The van der Waals surface area contributed by atoms with Crippen LogP contribution in [0.5, 0.6) is 0 Å². The third kappa shape index (κ3) is 4.00. The van der Waals surface area contributed by atoms with Gasteiger partial charge in [0.2, 0.25) is 5.91 Å². The third-order valence-electron chi connectivity index (χ3n) is 4.14. The standard InChI is InChI=1S/C16H21F3N2O/c1-20(2)13-7-5-9-21(11-13)15(22)10-12-6-3-4-8-14(12)16(17,18)19/h3-4,6,8,13H,5,7,9-11H2,1-2H3. The van der Waals surface area contributed by atoms with Crippen LogP contribution in [0.15, 0.2) is 24.3 Å². The highest BCUT2D eigenvalue weighted by Gasteiger charge is 2.34. The van der Waals surface area contributed by atoms with Crippen molar-refractivity contribution in [2.45, 2.75) is 31.5 Å². The maximum atomic E-state index is 13.0. The Bertz CT molecular complexity index is 528. The van der Waals surface area contributed by atoms with Crippen LogP contribution in [0.4, 0.5) is 13.2 Å². The van der Waals surface area contributed by atoms with Gasteiger partial charge in [-0.15, -0.1) is 0 Å². The molecule has 1 amide bonds. The number of alkyl halides is 3. The van der Waals surface area contributed by atoms with Gasteiger partial charge >= 0.3 is 6.18 Å². The SMILES string of the molecule is CN(C)C1CCCN(C(=O)Cc2ccccc2C(F)(F)F)C1. The van der Waals surface area contributed by atoms with E-state index in [2.05, 4.69) is 4.90 Å². The number of nitrogens with zero attached hydrogens (tertiary/aromatic N) is 2. The van der Waals surface area contributed by atoms with Crippen LogP contribution < -0.4 is 0 Å². The highest BCUT2D eigenvalue weighted by atomic mass is 19.4. The fraction of sp³-hybridized carbons (Fsp3) is 0.562. The number of hydrogen-bond acceptors (Lipinski definition) is 2. The molecule has 1 atom stereocenters. The number of hydrogen-bond donors (Lipinski definition) is 0. The summed E-state index contributed by atoms with van der Waals surface area (Å²) < 4.78 is 38.9. The molecule has 0 spiro atoms. The van der Waals surface area contributed by atoms with Crippen LogP contribution in [-0.2, 0) is 17.4 Å². The molecule has 122 valence electrons. The molecule has 1 unspecified atom stereocenters. The zero-order valence-electron chi connectivity index (χ0n) is 12.9. The van der Waals surface area contributed by atoms with Crippen molar-refractivity contribution in [3.05, 3.63) is 35.4 Å². The quantitative estimate of drug-likeness (QED) is 0.856. The number of benzene rings is 1. The van der Waals surface area contributed by atoms with Crippen molar-refractivity contribution in [1.82, 2.24) is 9.80 Å². The van der Waals surface area contributed by atoms with Crippen molar-refractivity contribution < 1.29 is 18.0 Å². The van der Waals surface area contributed by atoms with Gasteiger partial charge in [0.1, 0.15) is 0 Å². The van der Waals surface area contributed by atoms with Gasteiger partial charge in [0.15, 0.2) is 0 Å². The van der Waals surface area contributed by atoms with Gasteiger partial charge in [-0.25, -0.2) is 0 Å². The van der Waals surface area contributed by atoms with E-state index in [0.717, 1.165) is 18.9 Å². The Hall–Kier alpha value is -1.56. The lowest BCUT2D eigenvalue weighted by Crippen LogP contribution is -2.48. The van der Waals surface area contributed by atoms with E-state index in [9.17, 15) is 18.0 Å². The molecule has 1 aromatic carbocycles. The summed E-state index contributed by atoms with van der Waals surface area (Å²) in [5.74, 6) is -0.233. The van der Waals surface area contributed by atoms with Crippen LogP contribution in [0, 0.1) is 0 Å². The third-order valence-corrected chi connectivity index (χ3v) is 4.14. The number of rotatable bonds is 3. The Morgan fingerprint density at radius 2 is 2.00 bits per heavy atom. The summed E-state index contributed by atoms with van der Waals surface area (Å²) >= 11 is 0. The van der Waals surface area contributed by atoms with Gasteiger partial charge in [-0.1, -0.05) is 18.2 Å². The molecule has 0 aliphatic carbocycles. The topological polar surface area (TPSA) is 23.6 Å². The van der Waals surface area contributed by atoms with Crippen LogP contribution in [-0.4, -0.2) is 48.9 Å². The average molecular weight is 314 g/mol. The summed E-state index contributed by atoms with van der Waals surface area (Å²) in [6, 6.07) is 5.57. The first-order chi connectivity index (χ1) is 10.3. The maximum absolute atomic E-state index is 13.0. The van der Waals surface area contributed by atoms with E-state index in [1.165, 1.54) is 18.2 Å². The fourth-order valence-electron chi connectivity index (χ4n) is 2.83. The zero-order valence-corrected chi connectivity index (χ0v) is 12.9. The first kappa shape index (κ1) is 16.8. The number of halogens is 3. The molecule has 0 bridgehead atoms. The Balaban J connectivity index is 2.09. The van der Waals surface area contributed by atoms with E-state index in [1.54, 1.807) is 4.90 Å². The summed E-state index contributed by atoms with van der Waals surface area (Å²) in [5.41, 5.74) is -0.670. The summed E-state index contributed by atoms with van der Waals surface area (Å²) in [5, 5.41) is 0. The van der Waals surface area contributed by atoms with Gasteiger partial charge in [-0.05, 0) is 38.6 Å². The Morgan fingerprint density at radius 3 is 2.64 bits per heavy atom. The lowest BCUT2D eigenvalue weighted by atomic mass is 10.0. The smallest absolute Gasteiger partial charge is 0.341 e. The lowest BCUT2D eigenvalue weighted by molar-refractivity contribution is -0.139. The van der Waals surface area contributed by atoms with E-state index in [1.807, 2.05) is 14.1 Å². The molecular formula is C16H21F3N2O. The van der Waals surface area contributed by atoms with Crippen LogP contribution >= 0.6 is 0 Å². The average Bonchev–Trinajstić information content (AvgIpc) is 2.46. The minimum Gasteiger partial charge on any atom is -0.341 e. The minimum atomic E-state index is -4.43. The number of carbonyl (C=O) groups is 1. The lowest BCUT2D eigenvalue weighted by Gasteiger charge is -2.36. The summed E-state index contributed by atoms with van der Waals surface area (Å²) in [6.45, 7) is 1.21. The van der Waals surface area contributed by atoms with Crippen molar-refractivity contribution in [2.75, 3.05) is 27.2 Å². The van der Waals surface area contributed by atoms with Gasteiger partial charge in [0.25, 0.3) is 0 Å². The highest BCUT2D eigenvalue weighted by molar-refractivity contribution is 5.79. The second kappa shape index (κ2) is 6.69. The summed E-state index contributed by atoms with van der Waals surface area (Å²) in [7, 11) is 3.91. The first-order valence-corrected chi connectivity index (χ1v) is 7.38. The van der Waals surface area contributed by atoms with Crippen molar-refractivity contribution in [3.8, 4) is 0 Å². The van der Waals surface area contributed by atoms with Gasteiger partial charge in [0.05, 0.1) is 12.0 Å². The molecule has 1 fully saturated rings. The number of carbonyl (C=O) groups excluding carboxylic acids is 1. The van der Waals surface area contributed by atoms with E-state index < -0.39 is 11.7 Å². The van der Waals surface area contributed by atoms with Crippen molar-refractivity contribution >= 4 is 5.91 Å². The highest BCUT2D eigenvalue weighted by Crippen LogP contribution is 2.32. The zero-order chi connectivity index (χ0) is 16.3. The van der Waals surface area contributed by atoms with Gasteiger partial charge < -0.3 is 9.80 Å². The summed E-state index contributed by atoms with van der Waals surface area (Å²) in [6.07, 6.45) is -2.73.